The van der Waals surface area contributed by atoms with Crippen LogP contribution in [0.3, 0.4) is 0 Å². The van der Waals surface area contributed by atoms with Crippen molar-refractivity contribution in [3.63, 3.8) is 0 Å². The highest BCUT2D eigenvalue weighted by Gasteiger charge is 2.11. The van der Waals surface area contributed by atoms with Crippen molar-refractivity contribution < 1.29 is 13.9 Å². The smallest absolute Gasteiger partial charge is 0.266 e. The van der Waals surface area contributed by atoms with Crippen LogP contribution >= 0.6 is 0 Å². The molecule has 0 bridgehead atoms. The van der Waals surface area contributed by atoms with Gasteiger partial charge in [0.1, 0.15) is 23.2 Å². The number of carbonyl (C=O) groups is 1. The molecule has 1 N–H and O–H groups in total. The molecule has 5 heteroatoms. The second kappa shape index (κ2) is 7.04. The SMILES string of the molecule is COc1ccccc1/C=C(/C#N)C(=O)Nc1cccc(F)c1. The third kappa shape index (κ3) is 3.70. The molecule has 0 atom stereocenters. The first-order valence-electron chi connectivity index (χ1n) is 6.46. The minimum absolute atomic E-state index is 0.103. The van der Waals surface area contributed by atoms with Crippen LogP contribution in [0.15, 0.2) is 54.1 Å². The van der Waals surface area contributed by atoms with Crippen LogP contribution in [-0.2, 0) is 4.79 Å². The zero-order valence-electron chi connectivity index (χ0n) is 11.8. The number of ether oxygens (including phenoxy) is 1. The lowest BCUT2D eigenvalue weighted by Crippen LogP contribution is -2.13. The van der Waals surface area contributed by atoms with Crippen LogP contribution < -0.4 is 10.1 Å². The van der Waals surface area contributed by atoms with Gasteiger partial charge >= 0.3 is 0 Å². The summed E-state index contributed by atoms with van der Waals surface area (Å²) in [4.78, 5) is 12.1. The number of nitrogens with zero attached hydrogens (tertiary/aromatic N) is 1. The highest BCUT2D eigenvalue weighted by atomic mass is 19.1. The van der Waals surface area contributed by atoms with Gasteiger partial charge in [0.05, 0.1) is 7.11 Å². The molecule has 22 heavy (non-hydrogen) atoms. The average Bonchev–Trinajstić information content (AvgIpc) is 2.52. The Labute approximate surface area is 127 Å². The maximum absolute atomic E-state index is 13.1. The standard InChI is InChI=1S/C17H13FN2O2/c1-22-16-8-3-2-5-12(16)9-13(11-19)17(21)20-15-7-4-6-14(18)10-15/h2-10H,1H3,(H,20,21)/b13-9-. The summed E-state index contributed by atoms with van der Waals surface area (Å²) in [5.74, 6) is -0.530. The van der Waals surface area contributed by atoms with Gasteiger partial charge in [-0.15, -0.1) is 0 Å². The summed E-state index contributed by atoms with van der Waals surface area (Å²) in [6.07, 6.45) is 1.42. The molecular weight excluding hydrogens is 283 g/mol. The molecule has 2 rings (SSSR count). The molecule has 0 spiro atoms. The van der Waals surface area contributed by atoms with Crippen molar-refractivity contribution in [2.24, 2.45) is 0 Å². The Morgan fingerprint density at radius 3 is 2.73 bits per heavy atom. The van der Waals surface area contributed by atoms with Crippen LogP contribution in [0.1, 0.15) is 5.56 Å². The van der Waals surface area contributed by atoms with E-state index in [1.54, 1.807) is 30.3 Å². The molecule has 110 valence electrons. The summed E-state index contributed by atoms with van der Waals surface area (Å²) in [5.41, 5.74) is 0.788. The number of hydrogen-bond donors (Lipinski definition) is 1. The molecule has 0 unspecified atom stereocenters. The predicted octanol–water partition coefficient (Wildman–Crippen LogP) is 3.38. The summed E-state index contributed by atoms with van der Waals surface area (Å²) < 4.78 is 18.3. The highest BCUT2D eigenvalue weighted by molar-refractivity contribution is 6.09. The first kappa shape index (κ1) is 15.3. The molecule has 0 aliphatic heterocycles. The van der Waals surface area contributed by atoms with Crippen molar-refractivity contribution in [3.05, 3.63) is 65.5 Å². The quantitative estimate of drug-likeness (QED) is 0.695. The van der Waals surface area contributed by atoms with Gasteiger partial charge in [0, 0.05) is 11.3 Å². The lowest BCUT2D eigenvalue weighted by atomic mass is 10.1. The molecule has 0 aliphatic rings. The van der Waals surface area contributed by atoms with E-state index in [0.29, 0.717) is 11.3 Å². The third-order valence-electron chi connectivity index (χ3n) is 2.89. The molecule has 0 aromatic heterocycles. The number of anilines is 1. The molecule has 0 fully saturated rings. The molecule has 0 heterocycles. The van der Waals surface area contributed by atoms with E-state index in [1.165, 1.54) is 31.4 Å². The number of carbonyl (C=O) groups excluding carboxylic acids is 1. The Bertz CT molecular complexity index is 763. The van der Waals surface area contributed by atoms with E-state index in [0.717, 1.165) is 0 Å². The van der Waals surface area contributed by atoms with Crippen molar-refractivity contribution in [1.29, 1.82) is 5.26 Å². The topological polar surface area (TPSA) is 62.1 Å². The number of rotatable bonds is 4. The average molecular weight is 296 g/mol. The monoisotopic (exact) mass is 296 g/mol. The Morgan fingerprint density at radius 1 is 1.27 bits per heavy atom. The second-order valence-corrected chi connectivity index (χ2v) is 4.38. The Balaban J connectivity index is 2.26. The summed E-state index contributed by atoms with van der Waals surface area (Å²) in [5, 5.41) is 11.6. The first-order valence-corrected chi connectivity index (χ1v) is 6.46. The number of halogens is 1. The van der Waals surface area contributed by atoms with E-state index < -0.39 is 11.7 Å². The highest BCUT2D eigenvalue weighted by Crippen LogP contribution is 2.21. The number of methoxy groups -OCH3 is 1. The molecule has 2 aromatic rings. The fourth-order valence-corrected chi connectivity index (χ4v) is 1.85. The van der Waals surface area contributed by atoms with Crippen molar-refractivity contribution >= 4 is 17.7 Å². The van der Waals surface area contributed by atoms with Gasteiger partial charge in [0.2, 0.25) is 0 Å². The molecule has 0 radical (unpaired) electrons. The number of amides is 1. The Kier molecular flexibility index (Phi) is 4.89. The number of hydrogen-bond acceptors (Lipinski definition) is 3. The molecular formula is C17H13FN2O2. The summed E-state index contributed by atoms with van der Waals surface area (Å²) in [7, 11) is 1.51. The van der Waals surface area contributed by atoms with Gasteiger partial charge < -0.3 is 10.1 Å². The maximum Gasteiger partial charge on any atom is 0.266 e. The van der Waals surface area contributed by atoms with Crippen LogP contribution in [-0.4, -0.2) is 13.0 Å². The van der Waals surface area contributed by atoms with Crippen molar-refractivity contribution in [3.8, 4) is 11.8 Å². The van der Waals surface area contributed by atoms with Gasteiger partial charge in [-0.1, -0.05) is 24.3 Å². The Hall–Kier alpha value is -3.13. The van der Waals surface area contributed by atoms with Crippen LogP contribution in [0.4, 0.5) is 10.1 Å². The number of nitriles is 1. The van der Waals surface area contributed by atoms with Crippen molar-refractivity contribution in [2.75, 3.05) is 12.4 Å². The third-order valence-corrected chi connectivity index (χ3v) is 2.89. The van der Waals surface area contributed by atoms with Crippen LogP contribution in [0, 0.1) is 17.1 Å². The molecule has 0 aliphatic carbocycles. The minimum Gasteiger partial charge on any atom is -0.496 e. The van der Waals surface area contributed by atoms with Gasteiger partial charge in [-0.05, 0) is 30.3 Å². The van der Waals surface area contributed by atoms with E-state index >= 15 is 0 Å². The van der Waals surface area contributed by atoms with Crippen molar-refractivity contribution in [2.45, 2.75) is 0 Å². The second-order valence-electron chi connectivity index (χ2n) is 4.38. The van der Waals surface area contributed by atoms with Crippen LogP contribution in [0.5, 0.6) is 5.75 Å². The van der Waals surface area contributed by atoms with Crippen LogP contribution in [0.2, 0.25) is 0 Å². The summed E-state index contributed by atoms with van der Waals surface area (Å²) in [6.45, 7) is 0. The minimum atomic E-state index is -0.612. The number of para-hydroxylation sites is 1. The molecule has 4 nitrogen and oxygen atoms in total. The van der Waals surface area contributed by atoms with E-state index in [-0.39, 0.29) is 11.3 Å². The predicted molar refractivity (Wildman–Crippen MR) is 81.6 cm³/mol. The number of nitrogens with one attached hydrogen (secondary N) is 1. The summed E-state index contributed by atoms with van der Waals surface area (Å²) >= 11 is 0. The van der Waals surface area contributed by atoms with Gasteiger partial charge in [-0.2, -0.15) is 5.26 Å². The molecule has 0 saturated heterocycles. The number of benzene rings is 2. The van der Waals surface area contributed by atoms with Gasteiger partial charge in [-0.25, -0.2) is 4.39 Å². The van der Waals surface area contributed by atoms with E-state index in [1.807, 2.05) is 6.07 Å². The molecule has 2 aromatic carbocycles. The Morgan fingerprint density at radius 2 is 2.05 bits per heavy atom. The fourth-order valence-electron chi connectivity index (χ4n) is 1.85. The van der Waals surface area contributed by atoms with Crippen molar-refractivity contribution in [1.82, 2.24) is 0 Å². The van der Waals surface area contributed by atoms with E-state index in [2.05, 4.69) is 5.32 Å². The van der Waals surface area contributed by atoms with Crippen LogP contribution in [0.25, 0.3) is 6.08 Å². The summed E-state index contributed by atoms with van der Waals surface area (Å²) in [6, 6.07) is 14.3. The largest absolute Gasteiger partial charge is 0.496 e. The zero-order valence-corrected chi connectivity index (χ0v) is 11.8. The maximum atomic E-state index is 13.1. The van der Waals surface area contributed by atoms with Gasteiger partial charge in [0.25, 0.3) is 5.91 Å². The van der Waals surface area contributed by atoms with Gasteiger partial charge in [-0.3, -0.25) is 4.79 Å². The fraction of sp³-hybridized carbons (Fsp3) is 0.0588. The lowest BCUT2D eigenvalue weighted by Gasteiger charge is -2.06. The lowest BCUT2D eigenvalue weighted by molar-refractivity contribution is -0.112. The van der Waals surface area contributed by atoms with E-state index in [9.17, 15) is 9.18 Å². The molecule has 1 amide bonds. The normalized spacial score (nSPS) is 10.7. The molecule has 0 saturated carbocycles. The van der Waals surface area contributed by atoms with Gasteiger partial charge in [0.15, 0.2) is 0 Å². The zero-order chi connectivity index (χ0) is 15.9. The van der Waals surface area contributed by atoms with E-state index in [4.69, 9.17) is 10.00 Å². The first-order chi connectivity index (χ1) is 10.6.